The molecule has 2 aromatic rings. The van der Waals surface area contributed by atoms with Crippen LogP contribution in [-0.2, 0) is 0 Å². The molecule has 0 heterocycles. The summed E-state index contributed by atoms with van der Waals surface area (Å²) in [5.74, 6) is -0.111. The van der Waals surface area contributed by atoms with E-state index in [1.807, 2.05) is 0 Å². The molecule has 0 amide bonds. The predicted molar refractivity (Wildman–Crippen MR) is 94.2 cm³/mol. The number of carbonyl (C=O) groups excluding carboxylic acids is 1. The molecule has 0 aliphatic rings. The number of ketones is 1. The van der Waals surface area contributed by atoms with Gasteiger partial charge in [0.25, 0.3) is 0 Å². The molecule has 0 radical (unpaired) electrons. The van der Waals surface area contributed by atoms with Crippen LogP contribution in [0, 0.1) is 10.1 Å². The van der Waals surface area contributed by atoms with Crippen molar-refractivity contribution in [3.8, 4) is 23.0 Å². The molecule has 2 rings (SSSR count). The van der Waals surface area contributed by atoms with E-state index in [4.69, 9.17) is 14.2 Å². The number of rotatable bonds is 7. The molecule has 0 aliphatic carbocycles. The van der Waals surface area contributed by atoms with E-state index in [1.165, 1.54) is 39.5 Å². The van der Waals surface area contributed by atoms with Gasteiger partial charge in [0.1, 0.15) is 11.5 Å². The highest BCUT2D eigenvalue weighted by molar-refractivity contribution is 6.08. The first-order chi connectivity index (χ1) is 12.4. The Hall–Kier alpha value is -3.55. The van der Waals surface area contributed by atoms with Crippen molar-refractivity contribution in [1.82, 2.24) is 0 Å². The van der Waals surface area contributed by atoms with Gasteiger partial charge in [-0.15, -0.1) is 0 Å². The van der Waals surface area contributed by atoms with Crippen LogP contribution in [0.2, 0.25) is 0 Å². The van der Waals surface area contributed by atoms with Crippen molar-refractivity contribution in [2.75, 3.05) is 21.3 Å². The summed E-state index contributed by atoms with van der Waals surface area (Å²) in [6.45, 7) is 0. The minimum Gasteiger partial charge on any atom is -0.500 e. The largest absolute Gasteiger partial charge is 0.500 e. The summed E-state index contributed by atoms with van der Waals surface area (Å²) in [5, 5.41) is 20.8. The number of carbonyl (C=O) groups is 1. The van der Waals surface area contributed by atoms with Gasteiger partial charge >= 0.3 is 5.69 Å². The maximum Gasteiger partial charge on any atom is 0.315 e. The number of hydrogen-bond acceptors (Lipinski definition) is 7. The Bertz CT molecular complexity index is 874. The minimum absolute atomic E-state index is 0.0617. The summed E-state index contributed by atoms with van der Waals surface area (Å²) >= 11 is 0. The van der Waals surface area contributed by atoms with Crippen molar-refractivity contribution in [1.29, 1.82) is 0 Å². The maximum atomic E-state index is 12.4. The van der Waals surface area contributed by atoms with Crippen LogP contribution >= 0.6 is 0 Å². The van der Waals surface area contributed by atoms with Crippen molar-refractivity contribution < 1.29 is 29.0 Å². The van der Waals surface area contributed by atoms with Crippen LogP contribution in [0.15, 0.2) is 36.4 Å². The van der Waals surface area contributed by atoms with E-state index in [-0.39, 0.29) is 11.5 Å². The van der Waals surface area contributed by atoms with Gasteiger partial charge in [-0.3, -0.25) is 14.9 Å². The average molecular weight is 359 g/mol. The Balaban J connectivity index is 2.36. The fraction of sp³-hybridized carbons (Fsp3) is 0.167. The van der Waals surface area contributed by atoms with Gasteiger partial charge in [0.15, 0.2) is 11.5 Å². The zero-order chi connectivity index (χ0) is 19.3. The molecule has 26 heavy (non-hydrogen) atoms. The molecule has 0 atom stereocenters. The Morgan fingerprint density at radius 3 is 2.35 bits per heavy atom. The van der Waals surface area contributed by atoms with E-state index in [9.17, 15) is 20.0 Å². The smallest absolute Gasteiger partial charge is 0.315 e. The third-order valence-electron chi connectivity index (χ3n) is 3.60. The summed E-state index contributed by atoms with van der Waals surface area (Å²) in [6, 6.07) is 7.29. The SMILES string of the molecule is COc1ccc(C(=O)/C=C/c2cc(OC)c(O)c([N+](=O)[O-])c2)c(OC)c1. The molecule has 2 aromatic carbocycles. The van der Waals surface area contributed by atoms with Crippen LogP contribution in [-0.4, -0.2) is 37.1 Å². The number of allylic oxidation sites excluding steroid dienone is 1. The molecular formula is C18H17NO7. The summed E-state index contributed by atoms with van der Waals surface area (Å²) in [4.78, 5) is 22.7. The van der Waals surface area contributed by atoms with Crippen molar-refractivity contribution >= 4 is 17.5 Å². The van der Waals surface area contributed by atoms with E-state index >= 15 is 0 Å². The molecule has 0 aliphatic heterocycles. The summed E-state index contributed by atoms with van der Waals surface area (Å²) in [6.07, 6.45) is 2.64. The van der Waals surface area contributed by atoms with Gasteiger partial charge in [0.2, 0.25) is 5.75 Å². The zero-order valence-electron chi connectivity index (χ0n) is 14.4. The Morgan fingerprint density at radius 1 is 1.08 bits per heavy atom. The Kier molecular flexibility index (Phi) is 5.79. The van der Waals surface area contributed by atoms with Crippen molar-refractivity contribution in [2.45, 2.75) is 0 Å². The highest BCUT2D eigenvalue weighted by Gasteiger charge is 2.19. The second-order valence-electron chi connectivity index (χ2n) is 5.11. The second kappa shape index (κ2) is 8.02. The first-order valence-corrected chi connectivity index (χ1v) is 7.41. The maximum absolute atomic E-state index is 12.4. The second-order valence-corrected chi connectivity index (χ2v) is 5.11. The van der Waals surface area contributed by atoms with Gasteiger partial charge in [-0.25, -0.2) is 0 Å². The molecule has 1 N–H and O–H groups in total. The van der Waals surface area contributed by atoms with Crippen LogP contribution in [0.1, 0.15) is 15.9 Å². The van der Waals surface area contributed by atoms with Gasteiger partial charge in [0, 0.05) is 12.1 Å². The normalized spacial score (nSPS) is 10.6. The summed E-state index contributed by atoms with van der Waals surface area (Å²) in [5.41, 5.74) is 0.121. The third kappa shape index (κ3) is 3.92. The van der Waals surface area contributed by atoms with Crippen LogP contribution in [0.5, 0.6) is 23.0 Å². The number of hydrogen-bond donors (Lipinski definition) is 1. The quantitative estimate of drug-likeness (QED) is 0.350. The minimum atomic E-state index is -0.733. The Morgan fingerprint density at radius 2 is 1.77 bits per heavy atom. The van der Waals surface area contributed by atoms with Crippen molar-refractivity contribution in [3.05, 3.63) is 57.6 Å². The number of nitro benzene ring substituents is 1. The predicted octanol–water partition coefficient (Wildman–Crippen LogP) is 3.22. The third-order valence-corrected chi connectivity index (χ3v) is 3.60. The highest BCUT2D eigenvalue weighted by atomic mass is 16.6. The number of phenolic OH excluding ortho intramolecular Hbond substituents is 1. The molecule has 0 saturated carbocycles. The van der Waals surface area contributed by atoms with Gasteiger partial charge in [-0.2, -0.15) is 0 Å². The number of nitro groups is 1. The molecule has 0 fully saturated rings. The first-order valence-electron chi connectivity index (χ1n) is 7.41. The van der Waals surface area contributed by atoms with Crippen LogP contribution in [0.3, 0.4) is 0 Å². The molecule has 0 bridgehead atoms. The summed E-state index contributed by atoms with van der Waals surface area (Å²) in [7, 11) is 4.21. The topological polar surface area (TPSA) is 108 Å². The lowest BCUT2D eigenvalue weighted by Crippen LogP contribution is -1.99. The van der Waals surface area contributed by atoms with Crippen LogP contribution in [0.4, 0.5) is 5.69 Å². The number of methoxy groups -OCH3 is 3. The summed E-state index contributed by atoms with van der Waals surface area (Å²) < 4.78 is 15.2. The molecule has 8 heteroatoms. The van der Waals surface area contributed by atoms with Crippen LogP contribution in [0.25, 0.3) is 6.08 Å². The van der Waals surface area contributed by atoms with E-state index in [2.05, 4.69) is 0 Å². The fourth-order valence-electron chi connectivity index (χ4n) is 2.27. The zero-order valence-corrected chi connectivity index (χ0v) is 14.4. The Labute approximate surface area is 149 Å². The van der Waals surface area contributed by atoms with Gasteiger partial charge in [0.05, 0.1) is 31.8 Å². The molecular weight excluding hydrogens is 342 g/mol. The molecule has 0 aromatic heterocycles. The lowest BCUT2D eigenvalue weighted by Gasteiger charge is -2.08. The lowest BCUT2D eigenvalue weighted by atomic mass is 10.1. The highest BCUT2D eigenvalue weighted by Crippen LogP contribution is 2.37. The number of phenols is 1. The van der Waals surface area contributed by atoms with Crippen LogP contribution < -0.4 is 14.2 Å². The number of benzene rings is 2. The monoisotopic (exact) mass is 359 g/mol. The lowest BCUT2D eigenvalue weighted by molar-refractivity contribution is -0.386. The van der Waals surface area contributed by atoms with Gasteiger partial charge < -0.3 is 19.3 Å². The van der Waals surface area contributed by atoms with Crippen molar-refractivity contribution in [3.63, 3.8) is 0 Å². The first kappa shape index (κ1) is 18.8. The molecule has 0 spiro atoms. The van der Waals surface area contributed by atoms with E-state index in [0.29, 0.717) is 22.6 Å². The fourth-order valence-corrected chi connectivity index (χ4v) is 2.27. The molecule has 0 unspecified atom stereocenters. The number of ether oxygens (including phenoxy) is 3. The molecule has 136 valence electrons. The van der Waals surface area contributed by atoms with Gasteiger partial charge in [-0.1, -0.05) is 6.08 Å². The van der Waals surface area contributed by atoms with E-state index in [0.717, 1.165) is 6.07 Å². The molecule has 8 nitrogen and oxygen atoms in total. The molecule has 0 saturated heterocycles. The van der Waals surface area contributed by atoms with Gasteiger partial charge in [-0.05, 0) is 29.8 Å². The van der Waals surface area contributed by atoms with E-state index < -0.39 is 16.4 Å². The number of nitrogens with zero attached hydrogens (tertiary/aromatic N) is 1. The number of aromatic hydroxyl groups is 1. The standard InChI is InChI=1S/C18H17NO7/c1-24-12-5-6-13(16(10-12)25-2)15(20)7-4-11-8-14(19(22)23)18(21)17(9-11)26-3/h4-10,21H,1-3H3/b7-4+. The van der Waals surface area contributed by atoms with E-state index in [1.54, 1.807) is 18.2 Å². The van der Waals surface area contributed by atoms with Crippen molar-refractivity contribution in [2.24, 2.45) is 0 Å². The average Bonchev–Trinajstić information content (AvgIpc) is 2.65.